The summed E-state index contributed by atoms with van der Waals surface area (Å²) in [6, 6.07) is 20.1. The van der Waals surface area contributed by atoms with Gasteiger partial charge in [0, 0.05) is 36.3 Å². The van der Waals surface area contributed by atoms with Crippen molar-refractivity contribution in [3.63, 3.8) is 0 Å². The first-order chi connectivity index (χ1) is 28.9. The maximum atomic E-state index is 13.9. The average Bonchev–Trinajstić information content (AvgIpc) is 3.62. The van der Waals surface area contributed by atoms with E-state index in [1.54, 1.807) is 75.5 Å². The Morgan fingerprint density at radius 3 is 2.16 bits per heavy atom. The van der Waals surface area contributed by atoms with Crippen LogP contribution in [0.5, 0.6) is 5.75 Å². The van der Waals surface area contributed by atoms with E-state index in [1.807, 2.05) is 0 Å². The topological polar surface area (TPSA) is 197 Å². The number of nitrogens with zero attached hydrogens (tertiary/aromatic N) is 4. The largest absolute Gasteiger partial charge is 0.495 e. The minimum atomic E-state index is -3.68. The number of nitrogens with one attached hydrogen (secondary N) is 2. The lowest BCUT2D eigenvalue weighted by atomic mass is 9.94. The van der Waals surface area contributed by atoms with Gasteiger partial charge in [-0.1, -0.05) is 92.0 Å². The Labute approximate surface area is 398 Å². The van der Waals surface area contributed by atoms with Crippen molar-refractivity contribution >= 4 is 125 Å². The molecule has 62 heavy (non-hydrogen) atoms. The number of rotatable bonds is 15. The number of sulfone groups is 1. The number of alkyl carbamates (subject to hydrolysis) is 1. The summed E-state index contributed by atoms with van der Waals surface area (Å²) in [6.07, 6.45) is 0.853. The number of anilines is 3. The van der Waals surface area contributed by atoms with Gasteiger partial charge in [0.1, 0.15) is 17.2 Å². The number of carbonyl (C=O) groups is 4. The zero-order valence-electron chi connectivity index (χ0n) is 34.4. The van der Waals surface area contributed by atoms with E-state index in [0.29, 0.717) is 22.5 Å². The first kappa shape index (κ1) is 48.7. The Bertz CT molecular complexity index is 2590. The molecular formula is C41H42FI3N6O10S. The maximum absolute atomic E-state index is 13.9. The van der Waals surface area contributed by atoms with Gasteiger partial charge in [-0.05, 0) is 94.3 Å². The molecule has 0 aliphatic rings. The van der Waals surface area contributed by atoms with Gasteiger partial charge < -0.3 is 29.6 Å². The summed E-state index contributed by atoms with van der Waals surface area (Å²) in [6.45, 7) is 7.30. The predicted octanol–water partition coefficient (Wildman–Crippen LogP) is 8.95. The van der Waals surface area contributed by atoms with E-state index in [2.05, 4.69) is 88.5 Å². The van der Waals surface area contributed by atoms with Crippen molar-refractivity contribution in [3.8, 4) is 16.9 Å². The van der Waals surface area contributed by atoms with Crippen molar-refractivity contribution in [1.29, 1.82) is 0 Å². The van der Waals surface area contributed by atoms with Gasteiger partial charge in [-0.2, -0.15) is 4.98 Å². The minimum Gasteiger partial charge on any atom is -0.495 e. The third kappa shape index (κ3) is 12.0. The highest BCUT2D eigenvalue weighted by molar-refractivity contribution is 14.3. The normalized spacial score (nSPS) is 12.6. The van der Waals surface area contributed by atoms with E-state index in [-0.39, 0.29) is 40.5 Å². The fraction of sp³-hybridized carbons (Fsp3) is 0.317. The number of ether oxygens (including phenoxy) is 4. The van der Waals surface area contributed by atoms with Gasteiger partial charge >= 0.3 is 18.2 Å². The standard InChI is InChI=1S/C41H42FI3N6O10S/c1-24(25-8-13-28(42)14-9-25)34(52)47-29-15-10-26(11-16-29)27-12-19-33-48-36(49-50(33)21-27)51(31-18-17-30(62(7,56)57)20-32(31)58-6)38(55)60-23-59-35(53)39(2,3)22-46-37(54)61-40(4,5)41(43,44)45/h8-21,24H,22-23H2,1-7H3,(H,46,54)(H,47,52)/t24-/m1/s1. The molecule has 3 aromatic carbocycles. The molecule has 0 saturated heterocycles. The van der Waals surface area contributed by atoms with Crippen LogP contribution in [0.15, 0.2) is 90.0 Å². The SMILES string of the molecule is COc1cc(S(C)(=O)=O)ccc1N(C(=O)OCOC(=O)C(C)(C)CNC(=O)OC(C)(C)C(I)(I)I)c1nc2ccc(-c3ccc(NC(=O)[C@H](C)c4ccc(F)cc4)cc3)cn2n1. The lowest BCUT2D eigenvalue weighted by Gasteiger charge is -2.33. The Hall–Kier alpha value is -4.37. The van der Waals surface area contributed by atoms with Crippen LogP contribution in [0.1, 0.15) is 46.1 Å². The number of halogens is 4. The fourth-order valence-corrected chi connectivity index (χ4v) is 6.45. The summed E-state index contributed by atoms with van der Waals surface area (Å²) in [5, 5.41) is 9.98. The molecule has 330 valence electrons. The molecule has 0 saturated carbocycles. The van der Waals surface area contributed by atoms with Crippen LogP contribution in [0.4, 0.5) is 31.3 Å². The van der Waals surface area contributed by atoms with Crippen LogP contribution in [0, 0.1) is 11.2 Å². The summed E-state index contributed by atoms with van der Waals surface area (Å²) >= 11 is 6.46. The summed E-state index contributed by atoms with van der Waals surface area (Å²) in [4.78, 5) is 57.9. The zero-order chi connectivity index (χ0) is 45.8. The highest BCUT2D eigenvalue weighted by atomic mass is 127. The highest BCUT2D eigenvalue weighted by Crippen LogP contribution is 2.47. The molecule has 5 rings (SSSR count). The van der Waals surface area contributed by atoms with Crippen LogP contribution in [-0.4, -0.2) is 78.8 Å². The van der Waals surface area contributed by atoms with Gasteiger partial charge in [0.2, 0.25) is 12.7 Å². The van der Waals surface area contributed by atoms with Gasteiger partial charge in [0.05, 0.1) is 29.0 Å². The number of hydrogen-bond donors (Lipinski definition) is 2. The molecule has 0 radical (unpaired) electrons. The van der Waals surface area contributed by atoms with Crippen molar-refractivity contribution in [3.05, 3.63) is 96.4 Å². The Morgan fingerprint density at radius 2 is 1.55 bits per heavy atom. The van der Waals surface area contributed by atoms with Crippen LogP contribution in [0.2, 0.25) is 0 Å². The highest BCUT2D eigenvalue weighted by Gasteiger charge is 2.42. The summed E-state index contributed by atoms with van der Waals surface area (Å²) in [5.41, 5.74) is 0.885. The Morgan fingerprint density at radius 1 is 0.903 bits per heavy atom. The second kappa shape index (κ2) is 19.6. The lowest BCUT2D eigenvalue weighted by Crippen LogP contribution is -2.46. The van der Waals surface area contributed by atoms with Crippen LogP contribution in [0.3, 0.4) is 0 Å². The molecule has 0 aliphatic heterocycles. The third-order valence-corrected chi connectivity index (χ3v) is 14.4. The number of amides is 3. The number of alkyl halides is 3. The van der Waals surface area contributed by atoms with Crippen molar-refractivity contribution in [1.82, 2.24) is 19.9 Å². The van der Waals surface area contributed by atoms with Gasteiger partial charge in [0.15, 0.2) is 14.9 Å². The first-order valence-electron chi connectivity index (χ1n) is 18.5. The predicted molar refractivity (Wildman–Crippen MR) is 255 cm³/mol. The molecule has 2 N–H and O–H groups in total. The van der Waals surface area contributed by atoms with Gasteiger partial charge in [-0.15, -0.1) is 5.10 Å². The molecule has 2 aromatic heterocycles. The van der Waals surface area contributed by atoms with E-state index in [0.717, 1.165) is 16.7 Å². The third-order valence-electron chi connectivity index (χ3n) is 9.40. The molecule has 0 spiro atoms. The van der Waals surface area contributed by atoms with Crippen molar-refractivity contribution in [2.24, 2.45) is 5.41 Å². The number of methoxy groups -OCH3 is 1. The number of hydrogen-bond acceptors (Lipinski definition) is 12. The first-order valence-corrected chi connectivity index (χ1v) is 23.6. The van der Waals surface area contributed by atoms with E-state index in [9.17, 15) is 32.0 Å². The van der Waals surface area contributed by atoms with Crippen molar-refractivity contribution in [2.45, 2.75) is 50.5 Å². The molecule has 0 fully saturated rings. The monoisotopic (exact) mass is 1210 g/mol. The maximum Gasteiger partial charge on any atom is 0.424 e. The van der Waals surface area contributed by atoms with Gasteiger partial charge in [0.25, 0.3) is 5.95 Å². The molecule has 5 aromatic rings. The Kier molecular flexibility index (Phi) is 15.4. The Balaban J connectivity index is 1.34. The zero-order valence-corrected chi connectivity index (χ0v) is 41.7. The molecule has 1 atom stereocenters. The van der Waals surface area contributed by atoms with Gasteiger partial charge in [-0.25, -0.2) is 31.8 Å². The molecular weight excluding hydrogens is 1170 g/mol. The minimum absolute atomic E-state index is 0.0123. The molecule has 2 heterocycles. The van der Waals surface area contributed by atoms with E-state index in [4.69, 9.17) is 18.9 Å². The molecule has 0 aliphatic carbocycles. The number of aromatic nitrogens is 3. The smallest absolute Gasteiger partial charge is 0.424 e. The van der Waals surface area contributed by atoms with Crippen LogP contribution >= 0.6 is 67.8 Å². The quantitative estimate of drug-likeness (QED) is 0.0438. The molecule has 0 bridgehead atoms. The van der Waals surface area contributed by atoms with Crippen molar-refractivity contribution in [2.75, 3.05) is 36.9 Å². The van der Waals surface area contributed by atoms with E-state index < -0.39 is 51.2 Å². The number of fused-ring (bicyclic) bond motifs is 1. The number of benzene rings is 3. The fourth-order valence-electron chi connectivity index (χ4n) is 5.48. The molecule has 21 heteroatoms. The van der Waals surface area contributed by atoms with Crippen LogP contribution in [0.25, 0.3) is 16.8 Å². The number of pyridine rings is 1. The summed E-state index contributed by atoms with van der Waals surface area (Å²) < 4.78 is 60.9. The molecule has 16 nitrogen and oxygen atoms in total. The van der Waals surface area contributed by atoms with E-state index in [1.165, 1.54) is 55.8 Å². The van der Waals surface area contributed by atoms with E-state index >= 15 is 0 Å². The van der Waals surface area contributed by atoms with Crippen LogP contribution < -0.4 is 20.3 Å². The molecule has 0 unspecified atom stereocenters. The summed E-state index contributed by atoms with van der Waals surface area (Å²) in [5.74, 6) is -2.20. The number of carbonyl (C=O) groups excluding carboxylic acids is 4. The lowest BCUT2D eigenvalue weighted by molar-refractivity contribution is -0.161. The number of esters is 1. The second-order valence-corrected chi connectivity index (χ2v) is 28.1. The molecule has 3 amide bonds. The van der Waals surface area contributed by atoms with Crippen LogP contribution in [-0.2, 0) is 33.6 Å². The second-order valence-electron chi connectivity index (χ2n) is 15.0. The average molecular weight is 1210 g/mol. The van der Waals surface area contributed by atoms with Gasteiger partial charge in [-0.3, -0.25) is 9.59 Å². The van der Waals surface area contributed by atoms with Crippen molar-refractivity contribution < 1.29 is 50.9 Å². The summed E-state index contributed by atoms with van der Waals surface area (Å²) in [7, 11) is -2.39.